The minimum absolute atomic E-state index is 0.00683. The molecule has 1 heterocycles. The van der Waals surface area contributed by atoms with Crippen molar-refractivity contribution in [1.29, 1.82) is 0 Å². The van der Waals surface area contributed by atoms with E-state index in [0.29, 0.717) is 19.8 Å². The maximum Gasteiger partial charge on any atom is 0.251 e. The Kier molecular flexibility index (Phi) is 5.59. The third-order valence-corrected chi connectivity index (χ3v) is 4.18. The number of benzene rings is 1. The van der Waals surface area contributed by atoms with Gasteiger partial charge in [0.15, 0.2) is 6.29 Å². The molecule has 0 aliphatic carbocycles. The molecule has 4 heteroatoms. The second-order valence-electron chi connectivity index (χ2n) is 6.74. The summed E-state index contributed by atoms with van der Waals surface area (Å²) < 4.78 is 11.2. The first-order valence-electron chi connectivity index (χ1n) is 7.99. The Morgan fingerprint density at radius 2 is 1.95 bits per heavy atom. The van der Waals surface area contributed by atoms with E-state index in [1.54, 1.807) is 0 Å². The zero-order valence-corrected chi connectivity index (χ0v) is 14.1. The second kappa shape index (κ2) is 7.25. The van der Waals surface area contributed by atoms with Gasteiger partial charge >= 0.3 is 0 Å². The van der Waals surface area contributed by atoms with Crippen molar-refractivity contribution < 1.29 is 14.3 Å². The molecule has 4 nitrogen and oxygen atoms in total. The Hall–Kier alpha value is -1.39. The second-order valence-corrected chi connectivity index (χ2v) is 6.74. The molecule has 2 rings (SSSR count). The first kappa shape index (κ1) is 17.0. The molecule has 22 heavy (non-hydrogen) atoms. The smallest absolute Gasteiger partial charge is 0.251 e. The van der Waals surface area contributed by atoms with Crippen LogP contribution in [0.15, 0.2) is 18.2 Å². The van der Waals surface area contributed by atoms with E-state index in [4.69, 9.17) is 9.47 Å². The van der Waals surface area contributed by atoms with Crippen molar-refractivity contribution in [2.45, 2.75) is 46.8 Å². The van der Waals surface area contributed by atoms with Crippen LogP contribution < -0.4 is 5.32 Å². The van der Waals surface area contributed by atoms with Crippen molar-refractivity contribution in [3.8, 4) is 0 Å². The Balaban J connectivity index is 1.78. The number of nitrogens with one attached hydrogen (secondary N) is 1. The van der Waals surface area contributed by atoms with E-state index in [0.717, 1.165) is 29.5 Å². The van der Waals surface area contributed by atoms with Gasteiger partial charge in [-0.3, -0.25) is 4.79 Å². The van der Waals surface area contributed by atoms with Crippen LogP contribution in [0.25, 0.3) is 0 Å². The maximum atomic E-state index is 12.2. The fraction of sp³-hybridized carbons (Fsp3) is 0.611. The lowest BCUT2D eigenvalue weighted by Crippen LogP contribution is -2.32. The van der Waals surface area contributed by atoms with Gasteiger partial charge in [-0.15, -0.1) is 0 Å². The van der Waals surface area contributed by atoms with E-state index >= 15 is 0 Å². The largest absolute Gasteiger partial charge is 0.352 e. The molecule has 0 bridgehead atoms. The highest BCUT2D eigenvalue weighted by molar-refractivity contribution is 5.95. The summed E-state index contributed by atoms with van der Waals surface area (Å²) in [5.41, 5.74) is 2.85. The third-order valence-electron chi connectivity index (χ3n) is 4.18. The van der Waals surface area contributed by atoms with Gasteiger partial charge in [0.1, 0.15) is 0 Å². The van der Waals surface area contributed by atoms with Crippen LogP contribution in [0.2, 0.25) is 0 Å². The third kappa shape index (κ3) is 4.31. The average Bonchev–Trinajstić information content (AvgIpc) is 3.01. The highest BCUT2D eigenvalue weighted by Crippen LogP contribution is 2.31. The molecule has 1 aromatic carbocycles. The molecule has 1 fully saturated rings. The van der Waals surface area contributed by atoms with Gasteiger partial charge in [0.25, 0.3) is 5.91 Å². The van der Waals surface area contributed by atoms with Gasteiger partial charge in [-0.25, -0.2) is 0 Å². The van der Waals surface area contributed by atoms with Gasteiger partial charge in [-0.2, -0.15) is 0 Å². The Morgan fingerprint density at radius 1 is 1.27 bits per heavy atom. The van der Waals surface area contributed by atoms with Crippen LogP contribution in [0, 0.1) is 19.3 Å². The van der Waals surface area contributed by atoms with Crippen molar-refractivity contribution in [3.63, 3.8) is 0 Å². The van der Waals surface area contributed by atoms with E-state index < -0.39 is 0 Å². The van der Waals surface area contributed by atoms with Crippen molar-refractivity contribution in [1.82, 2.24) is 5.32 Å². The number of ether oxygens (including phenoxy) is 2. The molecule has 1 N–H and O–H groups in total. The molecule has 1 saturated heterocycles. The summed E-state index contributed by atoms with van der Waals surface area (Å²) in [6.07, 6.45) is 1.74. The number of rotatable bonds is 6. The molecule has 0 spiro atoms. The normalized spacial score (nSPS) is 16.0. The van der Waals surface area contributed by atoms with E-state index in [1.807, 2.05) is 32.0 Å². The topological polar surface area (TPSA) is 47.6 Å². The molecule has 1 amide bonds. The molecular weight excluding hydrogens is 278 g/mol. The lowest BCUT2D eigenvalue weighted by Gasteiger charge is -2.29. The molecule has 0 atom stereocenters. The standard InChI is InChI=1S/C18H27NO3/c1-13-6-7-14(2)15(12-13)16(20)19-9-5-8-18(3,4)17-21-10-11-22-17/h6-7,12,17H,5,8-11H2,1-4H3,(H,19,20). The maximum absolute atomic E-state index is 12.2. The molecular formula is C18H27NO3. The highest BCUT2D eigenvalue weighted by Gasteiger charge is 2.33. The summed E-state index contributed by atoms with van der Waals surface area (Å²) in [5.74, 6) is 0.00683. The summed E-state index contributed by atoms with van der Waals surface area (Å²) in [7, 11) is 0. The zero-order valence-electron chi connectivity index (χ0n) is 14.1. The summed E-state index contributed by atoms with van der Waals surface area (Å²) >= 11 is 0. The molecule has 1 aromatic rings. The van der Waals surface area contributed by atoms with E-state index in [1.165, 1.54) is 0 Å². The number of aryl methyl sites for hydroxylation is 2. The van der Waals surface area contributed by atoms with Gasteiger partial charge in [0.2, 0.25) is 0 Å². The Labute approximate surface area is 133 Å². The number of carbonyl (C=O) groups excluding carboxylic acids is 1. The SMILES string of the molecule is Cc1ccc(C)c(C(=O)NCCCC(C)(C)C2OCCO2)c1. The Bertz CT molecular complexity index is 519. The van der Waals surface area contributed by atoms with Crippen LogP contribution >= 0.6 is 0 Å². The van der Waals surface area contributed by atoms with Gasteiger partial charge in [0.05, 0.1) is 13.2 Å². The Morgan fingerprint density at radius 3 is 2.64 bits per heavy atom. The number of hydrogen-bond donors (Lipinski definition) is 1. The minimum Gasteiger partial charge on any atom is -0.352 e. The predicted molar refractivity (Wildman–Crippen MR) is 87.0 cm³/mol. The summed E-state index contributed by atoms with van der Waals surface area (Å²) in [6.45, 7) is 10.3. The van der Waals surface area contributed by atoms with Gasteiger partial charge in [-0.1, -0.05) is 31.5 Å². The van der Waals surface area contributed by atoms with Crippen LogP contribution in [-0.4, -0.2) is 32.0 Å². The highest BCUT2D eigenvalue weighted by atomic mass is 16.7. The van der Waals surface area contributed by atoms with E-state index in [9.17, 15) is 4.79 Å². The first-order chi connectivity index (χ1) is 10.4. The number of amides is 1. The van der Waals surface area contributed by atoms with Crippen molar-refractivity contribution in [3.05, 3.63) is 34.9 Å². The molecule has 0 radical (unpaired) electrons. The summed E-state index contributed by atoms with van der Waals surface area (Å²) in [6, 6.07) is 5.95. The number of hydrogen-bond acceptors (Lipinski definition) is 3. The zero-order chi connectivity index (χ0) is 16.2. The first-order valence-corrected chi connectivity index (χ1v) is 7.99. The fourth-order valence-corrected chi connectivity index (χ4v) is 2.75. The summed E-state index contributed by atoms with van der Waals surface area (Å²) in [4.78, 5) is 12.2. The quantitative estimate of drug-likeness (QED) is 0.821. The van der Waals surface area contributed by atoms with Gasteiger partial charge in [-0.05, 0) is 38.3 Å². The van der Waals surface area contributed by atoms with Crippen molar-refractivity contribution in [2.24, 2.45) is 5.41 Å². The van der Waals surface area contributed by atoms with Crippen LogP contribution in [-0.2, 0) is 9.47 Å². The van der Waals surface area contributed by atoms with Gasteiger partial charge in [0, 0.05) is 17.5 Å². The number of carbonyl (C=O) groups is 1. The molecule has 122 valence electrons. The molecule has 0 saturated carbocycles. The fourth-order valence-electron chi connectivity index (χ4n) is 2.75. The van der Waals surface area contributed by atoms with E-state index in [-0.39, 0.29) is 17.6 Å². The van der Waals surface area contributed by atoms with Crippen LogP contribution in [0.4, 0.5) is 0 Å². The summed E-state index contributed by atoms with van der Waals surface area (Å²) in [5, 5.41) is 3.01. The molecule has 0 aromatic heterocycles. The molecule has 1 aliphatic heterocycles. The van der Waals surface area contributed by atoms with Gasteiger partial charge < -0.3 is 14.8 Å². The molecule has 0 unspecified atom stereocenters. The van der Waals surface area contributed by atoms with E-state index in [2.05, 4.69) is 19.2 Å². The predicted octanol–water partition coefficient (Wildman–Crippen LogP) is 3.21. The monoisotopic (exact) mass is 305 g/mol. The lowest BCUT2D eigenvalue weighted by atomic mass is 9.87. The van der Waals surface area contributed by atoms with Crippen LogP contribution in [0.3, 0.4) is 0 Å². The lowest BCUT2D eigenvalue weighted by molar-refractivity contribution is -0.122. The molecule has 1 aliphatic rings. The average molecular weight is 305 g/mol. The van der Waals surface area contributed by atoms with Crippen LogP contribution in [0.1, 0.15) is 48.2 Å². The van der Waals surface area contributed by atoms with Crippen molar-refractivity contribution in [2.75, 3.05) is 19.8 Å². The van der Waals surface area contributed by atoms with Crippen LogP contribution in [0.5, 0.6) is 0 Å². The minimum atomic E-state index is -0.123. The van der Waals surface area contributed by atoms with Crippen molar-refractivity contribution >= 4 is 5.91 Å².